The molecule has 0 spiro atoms. The van der Waals surface area contributed by atoms with Gasteiger partial charge in [0.15, 0.2) is 0 Å². The first-order chi connectivity index (χ1) is 10.2. The summed E-state index contributed by atoms with van der Waals surface area (Å²) in [5.41, 5.74) is 1.88. The lowest BCUT2D eigenvalue weighted by Crippen LogP contribution is -1.93. The molecule has 1 aromatic carbocycles. The molecule has 2 heterocycles. The van der Waals surface area contributed by atoms with E-state index in [1.54, 1.807) is 12.1 Å². The van der Waals surface area contributed by atoms with Crippen molar-refractivity contribution in [2.24, 2.45) is 0 Å². The molecule has 0 saturated heterocycles. The second kappa shape index (κ2) is 6.07. The topological polar surface area (TPSA) is 25.8 Å². The smallest absolute Gasteiger partial charge is 0.128 e. The lowest BCUT2D eigenvalue weighted by molar-refractivity contribution is 0.532. The van der Waals surface area contributed by atoms with Crippen LogP contribution in [0.15, 0.2) is 34.7 Å². The Morgan fingerprint density at radius 3 is 2.67 bits per heavy atom. The molecule has 0 atom stereocenters. The maximum atomic E-state index is 13.1. The van der Waals surface area contributed by atoms with Crippen LogP contribution in [-0.2, 0) is 0 Å². The minimum absolute atomic E-state index is 0.266. The molecule has 0 bridgehead atoms. The second-order valence-electron chi connectivity index (χ2n) is 4.45. The Hall–Kier alpha value is -1.53. The summed E-state index contributed by atoms with van der Waals surface area (Å²) in [4.78, 5) is 9.74. The number of hydrogen-bond donors (Lipinski definition) is 0. The Morgan fingerprint density at radius 1 is 1.19 bits per heavy atom. The number of hydrogen-bond acceptors (Lipinski definition) is 4. The van der Waals surface area contributed by atoms with E-state index in [0.717, 1.165) is 26.4 Å². The molecule has 0 aliphatic carbocycles. The SMILES string of the molecule is Cc1nc(SCCF)c2c(-c3ccc(F)cc3)csc2n1. The Morgan fingerprint density at radius 2 is 1.95 bits per heavy atom. The van der Waals surface area contributed by atoms with Crippen molar-refractivity contribution in [3.8, 4) is 11.1 Å². The number of rotatable bonds is 4. The largest absolute Gasteiger partial charge is 0.250 e. The third kappa shape index (κ3) is 2.91. The normalized spacial score (nSPS) is 11.2. The highest BCUT2D eigenvalue weighted by Gasteiger charge is 2.14. The first-order valence-electron chi connectivity index (χ1n) is 6.39. The van der Waals surface area contributed by atoms with E-state index in [1.807, 2.05) is 12.3 Å². The third-order valence-electron chi connectivity index (χ3n) is 2.98. The van der Waals surface area contributed by atoms with Gasteiger partial charge in [-0.2, -0.15) is 0 Å². The molecule has 2 aromatic heterocycles. The number of nitrogens with zero attached hydrogens (tertiary/aromatic N) is 2. The van der Waals surface area contributed by atoms with Gasteiger partial charge in [-0.15, -0.1) is 23.1 Å². The molecule has 0 unspecified atom stereocenters. The fraction of sp³-hybridized carbons (Fsp3) is 0.200. The number of aryl methyl sites for hydroxylation is 1. The van der Waals surface area contributed by atoms with Crippen LogP contribution in [0.1, 0.15) is 5.82 Å². The van der Waals surface area contributed by atoms with E-state index in [2.05, 4.69) is 9.97 Å². The summed E-state index contributed by atoms with van der Waals surface area (Å²) in [5.74, 6) is 0.776. The molecule has 0 radical (unpaired) electrons. The number of fused-ring (bicyclic) bond motifs is 1. The number of benzene rings is 1. The van der Waals surface area contributed by atoms with Crippen LogP contribution in [0.4, 0.5) is 8.78 Å². The fourth-order valence-electron chi connectivity index (χ4n) is 2.09. The molecule has 6 heteroatoms. The number of aromatic nitrogens is 2. The highest BCUT2D eigenvalue weighted by Crippen LogP contribution is 2.38. The zero-order valence-electron chi connectivity index (χ0n) is 11.3. The summed E-state index contributed by atoms with van der Waals surface area (Å²) < 4.78 is 25.5. The highest BCUT2D eigenvalue weighted by atomic mass is 32.2. The van der Waals surface area contributed by atoms with Crippen molar-refractivity contribution in [2.45, 2.75) is 11.9 Å². The van der Waals surface area contributed by atoms with Gasteiger partial charge in [-0.1, -0.05) is 12.1 Å². The molecule has 0 aliphatic heterocycles. The van der Waals surface area contributed by atoms with Crippen molar-refractivity contribution >= 4 is 33.3 Å². The van der Waals surface area contributed by atoms with Gasteiger partial charge in [0.25, 0.3) is 0 Å². The molecule has 3 rings (SSSR count). The molecule has 3 aromatic rings. The van der Waals surface area contributed by atoms with Crippen LogP contribution in [0, 0.1) is 12.7 Å². The molecule has 0 saturated carbocycles. The number of halogens is 2. The van der Waals surface area contributed by atoms with E-state index in [4.69, 9.17) is 0 Å². The standard InChI is InChI=1S/C15H12F2N2S2/c1-9-18-14(20-7-6-16)13-12(8-21-15(13)19-9)10-2-4-11(17)5-3-10/h2-5,8H,6-7H2,1H3. The van der Waals surface area contributed by atoms with Crippen LogP contribution < -0.4 is 0 Å². The molecule has 2 nitrogen and oxygen atoms in total. The Balaban J connectivity index is 2.17. The lowest BCUT2D eigenvalue weighted by Gasteiger charge is -2.05. The monoisotopic (exact) mass is 322 g/mol. The quantitative estimate of drug-likeness (QED) is 0.506. The van der Waals surface area contributed by atoms with Gasteiger partial charge in [0.2, 0.25) is 0 Å². The highest BCUT2D eigenvalue weighted by molar-refractivity contribution is 7.99. The summed E-state index contributed by atoms with van der Waals surface area (Å²) in [6.45, 7) is 1.43. The number of thiophene rings is 1. The molecular formula is C15H12F2N2S2. The summed E-state index contributed by atoms with van der Waals surface area (Å²) >= 11 is 2.91. The average Bonchev–Trinajstić information content (AvgIpc) is 2.89. The van der Waals surface area contributed by atoms with Crippen LogP contribution in [0.25, 0.3) is 21.3 Å². The fourth-order valence-corrected chi connectivity index (χ4v) is 3.97. The van der Waals surface area contributed by atoms with Gasteiger partial charge in [0.05, 0.1) is 12.1 Å². The third-order valence-corrected chi connectivity index (χ3v) is 4.78. The van der Waals surface area contributed by atoms with Gasteiger partial charge in [0.1, 0.15) is 21.5 Å². The summed E-state index contributed by atoms with van der Waals surface area (Å²) in [5, 5.41) is 3.71. The van der Waals surface area contributed by atoms with Gasteiger partial charge in [-0.25, -0.2) is 14.4 Å². The average molecular weight is 322 g/mol. The zero-order chi connectivity index (χ0) is 14.8. The van der Waals surface area contributed by atoms with Crippen LogP contribution in [-0.4, -0.2) is 22.4 Å². The Bertz CT molecular complexity index is 769. The predicted molar refractivity (Wildman–Crippen MR) is 84.2 cm³/mol. The minimum atomic E-state index is -0.398. The van der Waals surface area contributed by atoms with E-state index in [-0.39, 0.29) is 5.82 Å². The van der Waals surface area contributed by atoms with Crippen molar-refractivity contribution in [3.05, 3.63) is 41.3 Å². The van der Waals surface area contributed by atoms with Crippen molar-refractivity contribution in [1.82, 2.24) is 9.97 Å². The molecule has 0 fully saturated rings. The van der Waals surface area contributed by atoms with E-state index in [1.165, 1.54) is 35.2 Å². The van der Waals surface area contributed by atoms with Crippen molar-refractivity contribution in [1.29, 1.82) is 0 Å². The van der Waals surface area contributed by atoms with E-state index >= 15 is 0 Å². The van der Waals surface area contributed by atoms with Gasteiger partial charge in [0, 0.05) is 16.7 Å². The van der Waals surface area contributed by atoms with Crippen LogP contribution in [0.3, 0.4) is 0 Å². The van der Waals surface area contributed by atoms with Crippen LogP contribution in [0.5, 0.6) is 0 Å². The molecular weight excluding hydrogens is 310 g/mol. The summed E-state index contributed by atoms with van der Waals surface area (Å²) in [6, 6.07) is 6.34. The maximum absolute atomic E-state index is 13.1. The van der Waals surface area contributed by atoms with Gasteiger partial charge in [-0.3, -0.25) is 4.39 Å². The lowest BCUT2D eigenvalue weighted by atomic mass is 10.1. The van der Waals surface area contributed by atoms with Crippen molar-refractivity contribution in [2.75, 3.05) is 12.4 Å². The Labute approximate surface area is 129 Å². The van der Waals surface area contributed by atoms with Crippen LogP contribution in [0.2, 0.25) is 0 Å². The summed E-state index contributed by atoms with van der Waals surface area (Å²) in [7, 11) is 0. The van der Waals surface area contributed by atoms with Gasteiger partial charge >= 0.3 is 0 Å². The second-order valence-corrected chi connectivity index (χ2v) is 6.39. The molecule has 0 N–H and O–H groups in total. The van der Waals surface area contributed by atoms with Crippen LogP contribution >= 0.6 is 23.1 Å². The molecule has 0 aliphatic rings. The zero-order valence-corrected chi connectivity index (χ0v) is 12.9. The number of alkyl halides is 1. The molecule has 21 heavy (non-hydrogen) atoms. The van der Waals surface area contributed by atoms with Crippen molar-refractivity contribution in [3.63, 3.8) is 0 Å². The van der Waals surface area contributed by atoms with Gasteiger partial charge < -0.3 is 0 Å². The molecule has 0 amide bonds. The van der Waals surface area contributed by atoms with Gasteiger partial charge in [-0.05, 0) is 24.6 Å². The maximum Gasteiger partial charge on any atom is 0.128 e. The van der Waals surface area contributed by atoms with E-state index in [9.17, 15) is 8.78 Å². The number of thioether (sulfide) groups is 1. The molecule has 108 valence electrons. The minimum Gasteiger partial charge on any atom is -0.250 e. The summed E-state index contributed by atoms with van der Waals surface area (Å²) in [6.07, 6.45) is 0. The van der Waals surface area contributed by atoms with Crippen molar-refractivity contribution < 1.29 is 8.78 Å². The first kappa shape index (κ1) is 14.4. The predicted octanol–water partition coefficient (Wildman–Crippen LogP) is 4.87. The first-order valence-corrected chi connectivity index (χ1v) is 8.26. The van der Waals surface area contributed by atoms with E-state index < -0.39 is 6.67 Å². The Kier molecular flexibility index (Phi) is 4.17. The van der Waals surface area contributed by atoms with E-state index in [0.29, 0.717) is 11.6 Å².